The maximum Gasteiger partial charge on any atom is 0.415 e. The summed E-state index contributed by atoms with van der Waals surface area (Å²) in [5.41, 5.74) is 1.75. The van der Waals surface area contributed by atoms with Crippen LogP contribution in [0.2, 0.25) is 0 Å². The molecule has 1 aromatic rings. The number of esters is 1. The van der Waals surface area contributed by atoms with Gasteiger partial charge in [-0.2, -0.15) is 0 Å². The zero-order valence-corrected chi connectivity index (χ0v) is 15.2. The van der Waals surface area contributed by atoms with Crippen LogP contribution in [-0.4, -0.2) is 34.5 Å². The van der Waals surface area contributed by atoms with E-state index in [2.05, 4.69) is 22.6 Å². The van der Waals surface area contributed by atoms with Crippen LogP contribution in [0.4, 0.5) is 4.79 Å². The van der Waals surface area contributed by atoms with E-state index in [1.54, 1.807) is 0 Å². The van der Waals surface area contributed by atoms with Gasteiger partial charge in [-0.25, -0.2) is 9.59 Å². The fourth-order valence-electron chi connectivity index (χ4n) is 2.48. The largest absolute Gasteiger partial charge is 0.467 e. The van der Waals surface area contributed by atoms with E-state index in [1.165, 1.54) is 12.0 Å². The Morgan fingerprint density at radius 1 is 1.30 bits per heavy atom. The molecule has 5 nitrogen and oxygen atoms in total. The highest BCUT2D eigenvalue weighted by atomic mass is 127. The molecule has 124 valence electrons. The smallest absolute Gasteiger partial charge is 0.415 e. The van der Waals surface area contributed by atoms with E-state index in [0.29, 0.717) is 4.43 Å². The molecule has 0 radical (unpaired) electrons. The molecule has 0 saturated carbocycles. The van der Waals surface area contributed by atoms with Crippen LogP contribution in [0.5, 0.6) is 0 Å². The summed E-state index contributed by atoms with van der Waals surface area (Å²) in [6.45, 7) is 0.179. The Kier molecular flexibility index (Phi) is 6.88. The SMILES string of the molecule is COC(=O)[C@@H](CI)N(C(=O)OCc1ccccc1)C1=CCCC1. The summed E-state index contributed by atoms with van der Waals surface area (Å²) >= 11 is 2.09. The molecule has 0 saturated heterocycles. The lowest BCUT2D eigenvalue weighted by Crippen LogP contribution is -2.46. The first-order chi connectivity index (χ1) is 11.2. The van der Waals surface area contributed by atoms with E-state index >= 15 is 0 Å². The Labute approximate surface area is 149 Å². The Balaban J connectivity index is 2.12. The third-order valence-electron chi connectivity index (χ3n) is 3.66. The molecular formula is C17H20INO4. The summed E-state index contributed by atoms with van der Waals surface area (Å²) in [4.78, 5) is 26.0. The molecule has 1 aliphatic rings. The zero-order chi connectivity index (χ0) is 16.7. The minimum Gasteiger partial charge on any atom is -0.467 e. The molecule has 1 aromatic carbocycles. The number of carbonyl (C=O) groups is 2. The lowest BCUT2D eigenvalue weighted by atomic mass is 10.2. The molecule has 6 heteroatoms. The molecule has 0 N–H and O–H groups in total. The maximum atomic E-state index is 12.6. The lowest BCUT2D eigenvalue weighted by molar-refractivity contribution is -0.144. The Morgan fingerprint density at radius 2 is 2.04 bits per heavy atom. The number of rotatable bonds is 6. The van der Waals surface area contributed by atoms with Gasteiger partial charge in [-0.15, -0.1) is 0 Å². The molecule has 0 fully saturated rings. The van der Waals surface area contributed by atoms with Crippen molar-refractivity contribution in [3.05, 3.63) is 47.7 Å². The van der Waals surface area contributed by atoms with Gasteiger partial charge >= 0.3 is 12.1 Å². The monoisotopic (exact) mass is 429 g/mol. The topological polar surface area (TPSA) is 55.8 Å². The van der Waals surface area contributed by atoms with Crippen molar-refractivity contribution in [1.82, 2.24) is 4.90 Å². The van der Waals surface area contributed by atoms with Crippen molar-refractivity contribution in [1.29, 1.82) is 0 Å². The van der Waals surface area contributed by atoms with Gasteiger partial charge in [0.25, 0.3) is 0 Å². The number of allylic oxidation sites excluding steroid dienone is 2. The number of alkyl halides is 1. The van der Waals surface area contributed by atoms with Crippen LogP contribution in [0.25, 0.3) is 0 Å². The number of carbonyl (C=O) groups excluding carboxylic acids is 2. The van der Waals surface area contributed by atoms with Crippen molar-refractivity contribution in [3.8, 4) is 0 Å². The van der Waals surface area contributed by atoms with Crippen molar-refractivity contribution >= 4 is 34.7 Å². The van der Waals surface area contributed by atoms with Crippen LogP contribution in [0.15, 0.2) is 42.1 Å². The minimum atomic E-state index is -0.659. The van der Waals surface area contributed by atoms with Gasteiger partial charge in [0.15, 0.2) is 0 Å². The summed E-state index contributed by atoms with van der Waals surface area (Å²) in [6, 6.07) is 8.81. The number of ether oxygens (including phenoxy) is 2. The van der Waals surface area contributed by atoms with E-state index in [4.69, 9.17) is 9.47 Å². The summed E-state index contributed by atoms with van der Waals surface area (Å²) in [5.74, 6) is -0.427. The highest BCUT2D eigenvalue weighted by Gasteiger charge is 2.34. The van der Waals surface area contributed by atoms with Crippen LogP contribution in [0.1, 0.15) is 24.8 Å². The fraction of sp³-hybridized carbons (Fsp3) is 0.412. The molecule has 0 unspecified atom stereocenters. The Bertz CT molecular complexity index is 573. The van der Waals surface area contributed by atoms with Crippen LogP contribution < -0.4 is 0 Å². The number of hydrogen-bond acceptors (Lipinski definition) is 4. The minimum absolute atomic E-state index is 0.179. The molecule has 0 spiro atoms. The van der Waals surface area contributed by atoms with Crippen molar-refractivity contribution in [2.24, 2.45) is 0 Å². The molecule has 2 rings (SSSR count). The fourth-order valence-corrected chi connectivity index (χ4v) is 3.23. The second-order valence-corrected chi connectivity index (χ2v) is 6.07. The van der Waals surface area contributed by atoms with E-state index in [-0.39, 0.29) is 6.61 Å². The van der Waals surface area contributed by atoms with E-state index in [0.717, 1.165) is 30.5 Å². The van der Waals surface area contributed by atoms with Gasteiger partial charge in [0.2, 0.25) is 0 Å². The average Bonchev–Trinajstić information content (AvgIpc) is 3.11. The first kappa shape index (κ1) is 17.8. The normalized spacial score (nSPS) is 14.8. The lowest BCUT2D eigenvalue weighted by Gasteiger charge is -2.29. The molecule has 1 atom stereocenters. The van der Waals surface area contributed by atoms with E-state index in [1.807, 2.05) is 36.4 Å². The van der Waals surface area contributed by atoms with Crippen LogP contribution in [0, 0.1) is 0 Å². The van der Waals surface area contributed by atoms with Gasteiger partial charge < -0.3 is 9.47 Å². The zero-order valence-electron chi connectivity index (χ0n) is 13.0. The molecule has 0 aliphatic heterocycles. The average molecular weight is 429 g/mol. The highest BCUT2D eigenvalue weighted by Crippen LogP contribution is 2.26. The Morgan fingerprint density at radius 3 is 2.61 bits per heavy atom. The Hall–Kier alpha value is -1.57. The molecule has 1 aliphatic carbocycles. The standard InChI is InChI=1S/C17H20INO4/c1-22-16(20)15(11-18)19(14-9-5-6-10-14)17(21)23-12-13-7-3-2-4-8-13/h2-4,7-9,15H,5-6,10-12H2,1H3/t15-/m1/s1. The molecular weight excluding hydrogens is 409 g/mol. The molecule has 0 aromatic heterocycles. The first-order valence-electron chi connectivity index (χ1n) is 7.50. The van der Waals surface area contributed by atoms with E-state index < -0.39 is 18.1 Å². The number of nitrogens with zero attached hydrogens (tertiary/aromatic N) is 1. The molecule has 23 heavy (non-hydrogen) atoms. The predicted molar refractivity (Wildman–Crippen MR) is 95.1 cm³/mol. The summed E-state index contributed by atoms with van der Waals surface area (Å²) in [6.07, 6.45) is 4.14. The number of methoxy groups -OCH3 is 1. The molecule has 0 bridgehead atoms. The third kappa shape index (κ3) is 4.70. The van der Waals surface area contributed by atoms with Gasteiger partial charge in [0.05, 0.1) is 7.11 Å². The molecule has 0 heterocycles. The van der Waals surface area contributed by atoms with Crippen molar-refractivity contribution in [2.45, 2.75) is 31.9 Å². The van der Waals surface area contributed by atoms with Gasteiger partial charge in [0.1, 0.15) is 12.6 Å². The summed E-state index contributed by atoms with van der Waals surface area (Å²) < 4.78 is 10.7. The highest BCUT2D eigenvalue weighted by molar-refractivity contribution is 14.1. The number of amides is 1. The van der Waals surface area contributed by atoms with Crippen molar-refractivity contribution in [2.75, 3.05) is 11.5 Å². The van der Waals surface area contributed by atoms with Gasteiger partial charge in [-0.05, 0) is 24.8 Å². The van der Waals surface area contributed by atoms with Crippen LogP contribution in [0.3, 0.4) is 0 Å². The molecule has 1 amide bonds. The quantitative estimate of drug-likeness (QED) is 0.394. The van der Waals surface area contributed by atoms with Crippen molar-refractivity contribution in [3.63, 3.8) is 0 Å². The van der Waals surface area contributed by atoms with Gasteiger partial charge in [0, 0.05) is 10.1 Å². The second kappa shape index (κ2) is 8.90. The third-order valence-corrected chi connectivity index (χ3v) is 4.49. The van der Waals surface area contributed by atoms with Gasteiger partial charge in [-0.3, -0.25) is 4.90 Å². The van der Waals surface area contributed by atoms with Crippen LogP contribution >= 0.6 is 22.6 Å². The number of halogens is 1. The summed E-state index contributed by atoms with van der Waals surface area (Å²) in [7, 11) is 1.33. The number of hydrogen-bond donors (Lipinski definition) is 0. The van der Waals surface area contributed by atoms with Gasteiger partial charge in [-0.1, -0.05) is 59.0 Å². The van der Waals surface area contributed by atoms with Crippen molar-refractivity contribution < 1.29 is 19.1 Å². The first-order valence-corrected chi connectivity index (χ1v) is 9.02. The summed E-state index contributed by atoms with van der Waals surface area (Å²) in [5, 5.41) is 0. The second-order valence-electron chi connectivity index (χ2n) is 5.19. The predicted octanol–water partition coefficient (Wildman–Crippen LogP) is 3.67. The van der Waals surface area contributed by atoms with E-state index in [9.17, 15) is 9.59 Å². The maximum absolute atomic E-state index is 12.6. The van der Waals surface area contributed by atoms with Crippen LogP contribution in [-0.2, 0) is 20.9 Å². The number of benzene rings is 1.